The molecule has 2 aliphatic heterocycles. The Morgan fingerprint density at radius 3 is 1.09 bits per heavy atom. The molecule has 16 atom stereocenters. The molecule has 1 saturated carbocycles. The van der Waals surface area contributed by atoms with Crippen molar-refractivity contribution >= 4 is 19.8 Å². The third kappa shape index (κ3) is 27.8. The molecular formula is C57H107O23P. The molecule has 81 heavy (non-hydrogen) atoms. The number of carbonyl (C=O) groups is 2. The van der Waals surface area contributed by atoms with E-state index in [-0.39, 0.29) is 12.8 Å². The Kier molecular flexibility index (Phi) is 38.5. The first-order chi connectivity index (χ1) is 38.9. The second-order valence-corrected chi connectivity index (χ2v) is 24.0. The highest BCUT2D eigenvalue weighted by Crippen LogP contribution is 2.49. The standard InChI is InChI=1S/C57H107O23P/c1-3-5-7-9-11-13-15-17-18-19-20-22-23-25-27-29-31-33-42(60)73-37-39(75-43(61)34-32-30-28-26-24-21-16-14-12-10-8-6-4-2)38-74-81(71,72)80-55-53(78-56-51(69)46(64)44(62)40(35-58)76-56)49(67)48(66)50(68)54(55)79-57-52(70)47(65)45(63)41(36-59)77-57/h39-41,44-59,62-70H,3-38H2,1-2H3,(H,71,72). The summed E-state index contributed by atoms with van der Waals surface area (Å²) in [5, 5.41) is 117. The summed E-state index contributed by atoms with van der Waals surface area (Å²) >= 11 is 0. The molecule has 2 saturated heterocycles. The van der Waals surface area contributed by atoms with E-state index in [0.29, 0.717) is 12.8 Å². The SMILES string of the molecule is CCCCCCCCCCCCCCCCCCCC(=O)OCC(COP(=O)(O)OC1C(OC2OC(CO)C(O)C(O)C2O)C(O)C(O)C(O)C1OC1OC(CO)C(O)C(O)C1O)OC(=O)CCCCCCCCCCCCCCC. The average Bonchev–Trinajstić information content (AvgIpc) is 3.44. The lowest BCUT2D eigenvalue weighted by Crippen LogP contribution is -2.69. The molecule has 0 aromatic heterocycles. The Morgan fingerprint density at radius 1 is 0.420 bits per heavy atom. The highest BCUT2D eigenvalue weighted by Gasteiger charge is 2.58. The molecular weight excluding hydrogens is 1080 g/mol. The molecule has 0 aromatic carbocycles. The van der Waals surface area contributed by atoms with E-state index in [1.54, 1.807) is 0 Å². The normalized spacial score (nSPS) is 30.9. The van der Waals surface area contributed by atoms with E-state index in [1.165, 1.54) is 122 Å². The van der Waals surface area contributed by atoms with Crippen LogP contribution in [-0.2, 0) is 51.6 Å². The van der Waals surface area contributed by atoms with Crippen LogP contribution in [0.2, 0.25) is 0 Å². The summed E-state index contributed by atoms with van der Waals surface area (Å²) < 4.78 is 58.2. The highest BCUT2D eigenvalue weighted by molar-refractivity contribution is 7.47. The van der Waals surface area contributed by atoms with Crippen LogP contribution in [0.4, 0.5) is 0 Å². The zero-order valence-corrected chi connectivity index (χ0v) is 49.5. The van der Waals surface area contributed by atoms with Crippen molar-refractivity contribution in [2.45, 2.75) is 323 Å². The van der Waals surface area contributed by atoms with Gasteiger partial charge < -0.3 is 89.5 Å². The van der Waals surface area contributed by atoms with E-state index in [0.717, 1.165) is 57.8 Å². The number of phosphoric ester groups is 1. The van der Waals surface area contributed by atoms with Gasteiger partial charge in [-0.25, -0.2) is 4.57 Å². The number of unbranched alkanes of at least 4 members (excludes halogenated alkanes) is 28. The fraction of sp³-hybridized carbons (Fsp3) is 0.965. The van der Waals surface area contributed by atoms with E-state index in [2.05, 4.69) is 13.8 Å². The van der Waals surface area contributed by atoms with Gasteiger partial charge in [0.05, 0.1) is 19.8 Å². The number of ether oxygens (including phenoxy) is 6. The zero-order chi connectivity index (χ0) is 59.6. The van der Waals surface area contributed by atoms with Crippen molar-refractivity contribution < 1.29 is 113 Å². The number of hydrogen-bond donors (Lipinski definition) is 12. The first-order valence-electron chi connectivity index (χ1n) is 30.9. The number of carbonyl (C=O) groups excluding carboxylic acids is 2. The maximum absolute atomic E-state index is 14.0. The fourth-order valence-corrected chi connectivity index (χ4v) is 11.5. The molecule has 2 heterocycles. The number of rotatable bonds is 46. The van der Waals surface area contributed by atoms with E-state index in [4.69, 9.17) is 37.5 Å². The van der Waals surface area contributed by atoms with Crippen LogP contribution in [0.1, 0.15) is 219 Å². The Morgan fingerprint density at radius 2 is 0.741 bits per heavy atom. The molecule has 24 heteroatoms. The second-order valence-electron chi connectivity index (χ2n) is 22.6. The molecule has 0 bridgehead atoms. The van der Waals surface area contributed by atoms with Crippen molar-refractivity contribution in [2.24, 2.45) is 0 Å². The van der Waals surface area contributed by atoms with Gasteiger partial charge in [0.2, 0.25) is 0 Å². The molecule has 478 valence electrons. The van der Waals surface area contributed by atoms with Crippen LogP contribution in [-0.4, -0.2) is 204 Å². The first kappa shape index (κ1) is 73.7. The lowest BCUT2D eigenvalue weighted by molar-refractivity contribution is -0.360. The minimum absolute atomic E-state index is 0.0249. The molecule has 0 aromatic rings. The van der Waals surface area contributed by atoms with Crippen molar-refractivity contribution in [1.82, 2.24) is 0 Å². The minimum Gasteiger partial charge on any atom is -0.462 e. The number of hydrogen-bond acceptors (Lipinski definition) is 22. The number of aliphatic hydroxyl groups excluding tert-OH is 11. The quantitative estimate of drug-likeness (QED) is 0.0218. The van der Waals surface area contributed by atoms with Crippen LogP contribution in [0.25, 0.3) is 0 Å². The van der Waals surface area contributed by atoms with Crippen LogP contribution >= 0.6 is 7.82 Å². The summed E-state index contributed by atoms with van der Waals surface area (Å²) in [7, 11) is -5.63. The van der Waals surface area contributed by atoms with Gasteiger partial charge in [-0.15, -0.1) is 0 Å². The molecule has 23 nitrogen and oxygen atoms in total. The van der Waals surface area contributed by atoms with E-state index < -0.39 is 150 Å². The summed E-state index contributed by atoms with van der Waals surface area (Å²) in [6.45, 7) is 1.04. The molecule has 1 aliphatic carbocycles. The lowest BCUT2D eigenvalue weighted by atomic mass is 9.84. The van der Waals surface area contributed by atoms with Crippen molar-refractivity contribution in [2.75, 3.05) is 26.4 Å². The predicted molar refractivity (Wildman–Crippen MR) is 296 cm³/mol. The van der Waals surface area contributed by atoms with Gasteiger partial charge in [-0.05, 0) is 12.8 Å². The Hall–Kier alpha value is -1.55. The average molecular weight is 1190 g/mol. The maximum atomic E-state index is 14.0. The summed E-state index contributed by atoms with van der Waals surface area (Å²) in [5.41, 5.74) is 0. The molecule has 3 aliphatic rings. The van der Waals surface area contributed by atoms with Crippen molar-refractivity contribution in [3.63, 3.8) is 0 Å². The first-order valence-corrected chi connectivity index (χ1v) is 32.4. The van der Waals surface area contributed by atoms with Crippen LogP contribution in [0.5, 0.6) is 0 Å². The van der Waals surface area contributed by atoms with E-state index in [1.807, 2.05) is 0 Å². The second kappa shape index (κ2) is 42.3. The smallest absolute Gasteiger partial charge is 0.462 e. The molecule has 16 unspecified atom stereocenters. The number of aliphatic hydroxyl groups is 11. The third-order valence-corrected chi connectivity index (χ3v) is 16.7. The van der Waals surface area contributed by atoms with E-state index >= 15 is 0 Å². The summed E-state index contributed by atoms with van der Waals surface area (Å²) in [6, 6.07) is 0. The Labute approximate surface area is 480 Å². The van der Waals surface area contributed by atoms with Gasteiger partial charge in [-0.1, -0.05) is 194 Å². The summed E-state index contributed by atoms with van der Waals surface area (Å²) in [5.74, 6) is -1.32. The third-order valence-electron chi connectivity index (χ3n) is 15.7. The van der Waals surface area contributed by atoms with Gasteiger partial charge in [-0.3, -0.25) is 18.6 Å². The number of phosphoric acid groups is 1. The van der Waals surface area contributed by atoms with Crippen molar-refractivity contribution in [3.8, 4) is 0 Å². The largest absolute Gasteiger partial charge is 0.472 e. The topological polar surface area (TPSA) is 368 Å². The van der Waals surface area contributed by atoms with E-state index in [9.17, 15) is 75.2 Å². The molecule has 0 radical (unpaired) electrons. The molecule has 3 fully saturated rings. The van der Waals surface area contributed by atoms with Crippen LogP contribution < -0.4 is 0 Å². The fourth-order valence-electron chi connectivity index (χ4n) is 10.5. The van der Waals surface area contributed by atoms with Gasteiger partial charge in [0.15, 0.2) is 18.7 Å². The predicted octanol–water partition coefficient (Wildman–Crippen LogP) is 4.93. The van der Waals surface area contributed by atoms with Gasteiger partial charge in [0.25, 0.3) is 0 Å². The summed E-state index contributed by atoms with van der Waals surface area (Å²) in [4.78, 5) is 37.5. The van der Waals surface area contributed by atoms with Gasteiger partial charge >= 0.3 is 19.8 Å². The Bertz CT molecular complexity index is 1610. The van der Waals surface area contributed by atoms with Crippen LogP contribution in [0.15, 0.2) is 0 Å². The highest BCUT2D eigenvalue weighted by atomic mass is 31.2. The molecule has 0 amide bonds. The van der Waals surface area contributed by atoms with Crippen LogP contribution in [0.3, 0.4) is 0 Å². The van der Waals surface area contributed by atoms with Crippen molar-refractivity contribution in [3.05, 3.63) is 0 Å². The summed E-state index contributed by atoms with van der Waals surface area (Å²) in [6.07, 6.45) is -0.673. The van der Waals surface area contributed by atoms with Crippen LogP contribution in [0, 0.1) is 0 Å². The van der Waals surface area contributed by atoms with Gasteiger partial charge in [0, 0.05) is 12.8 Å². The monoisotopic (exact) mass is 1190 g/mol. The molecule has 3 rings (SSSR count). The van der Waals surface area contributed by atoms with Gasteiger partial charge in [0.1, 0.15) is 92.1 Å². The molecule has 0 spiro atoms. The maximum Gasteiger partial charge on any atom is 0.472 e. The number of esters is 2. The van der Waals surface area contributed by atoms with Gasteiger partial charge in [-0.2, -0.15) is 0 Å². The minimum atomic E-state index is -5.63. The Balaban J connectivity index is 1.67. The lowest BCUT2D eigenvalue weighted by Gasteiger charge is -2.49. The molecule has 12 N–H and O–H groups in total. The zero-order valence-electron chi connectivity index (χ0n) is 48.6. The van der Waals surface area contributed by atoms with Crippen molar-refractivity contribution in [1.29, 1.82) is 0 Å².